The number of aromatic nitrogens is 12. The number of esters is 1. The summed E-state index contributed by atoms with van der Waals surface area (Å²) >= 11 is 5.38. The van der Waals surface area contributed by atoms with Crippen LogP contribution < -0.4 is 14.2 Å². The Hall–Kier alpha value is -8.80. The highest BCUT2D eigenvalue weighted by atomic mass is 35.5. The van der Waals surface area contributed by atoms with Crippen LogP contribution in [0.5, 0.6) is 18.0 Å². The van der Waals surface area contributed by atoms with Gasteiger partial charge in [0, 0.05) is 13.1 Å². The molecule has 0 fully saturated rings. The first-order chi connectivity index (χ1) is 33.6. The van der Waals surface area contributed by atoms with Crippen molar-refractivity contribution in [3.8, 4) is 18.0 Å². The zero-order chi connectivity index (χ0) is 50.4. The lowest BCUT2D eigenvalue weighted by atomic mass is 10.2. The maximum absolute atomic E-state index is 12.8. The number of carbonyl (C=O) groups excluding carboxylic acids is 2. The molecule has 2 N–H and O–H groups in total. The van der Waals surface area contributed by atoms with Crippen LogP contribution in [-0.2, 0) is 34.1 Å². The van der Waals surface area contributed by atoms with Crippen LogP contribution in [0.4, 0.5) is 13.2 Å². The highest BCUT2D eigenvalue weighted by Gasteiger charge is 2.30. The summed E-state index contributed by atoms with van der Waals surface area (Å²) < 4.78 is 59.0. The summed E-state index contributed by atoms with van der Waals surface area (Å²) in [4.78, 5) is 70.4. The first-order valence-corrected chi connectivity index (χ1v) is 20.8. The molecule has 0 spiro atoms. The van der Waals surface area contributed by atoms with Crippen molar-refractivity contribution in [3.05, 3.63) is 172 Å². The molecule has 7 aromatic rings. The Kier molecular flexibility index (Phi) is 19.8. The summed E-state index contributed by atoms with van der Waals surface area (Å²) in [6.45, 7) is 6.09. The van der Waals surface area contributed by atoms with Crippen molar-refractivity contribution >= 4 is 35.1 Å². The molecule has 0 aliphatic carbocycles. The summed E-state index contributed by atoms with van der Waals surface area (Å²) in [5.74, 6) is -1.80. The Labute approximate surface area is 401 Å². The quantitative estimate of drug-likeness (QED) is 0.0749. The van der Waals surface area contributed by atoms with E-state index >= 15 is 0 Å². The third kappa shape index (κ3) is 17.4. The van der Waals surface area contributed by atoms with Crippen LogP contribution in [0.3, 0.4) is 0 Å². The number of benzene rings is 3. The van der Waals surface area contributed by atoms with Crippen LogP contribution in [0.2, 0.25) is 5.28 Å². The normalized spacial score (nSPS) is 11.8. The molecule has 21 nitrogen and oxygen atoms in total. The highest BCUT2D eigenvalue weighted by Crippen LogP contribution is 2.23. The van der Waals surface area contributed by atoms with Crippen LogP contribution >= 0.6 is 11.6 Å². The molecule has 0 radical (unpaired) electrons. The van der Waals surface area contributed by atoms with E-state index in [1.165, 1.54) is 66.6 Å². The fraction of sp³-hybridized carbons (Fsp3) is 0.200. The molecule has 4 aromatic heterocycles. The van der Waals surface area contributed by atoms with E-state index in [4.69, 9.17) is 25.8 Å². The molecule has 8 rings (SSSR count). The molecule has 70 heavy (non-hydrogen) atoms. The Morgan fingerprint density at radius 3 is 1.53 bits per heavy atom. The van der Waals surface area contributed by atoms with E-state index in [0.717, 1.165) is 22.8 Å². The molecular formula is C45H41ClF3N13O8. The van der Waals surface area contributed by atoms with Crippen LogP contribution in [0.25, 0.3) is 11.6 Å². The molecule has 1 amide bonds. The summed E-state index contributed by atoms with van der Waals surface area (Å²) in [7, 11) is 1.57. The number of halogens is 4. The van der Waals surface area contributed by atoms with Gasteiger partial charge in [-0.05, 0) is 85.5 Å². The standard InChI is InChI=1S/C15H13FN4O3.C15H14FN3O4.C11H10FN3O.C4H4ClN3/c1-20-6-11(12(21)14(20)22)13-17-8-18-15(19-13)23-7-9-2-4-10(16)5-3-9;1-2-22-14(21)12(20)7-13-17-9-18-15(19-13)23-8-10-3-5-11(16)6-4-10;1-8-13-7-14-11(15-8)16-6-9-2-4-10(12)5-3-9;1-3-6-2-7-4(5)8-3/h2-5,8,21H,6-7H2,1H3;3-7,9,20H,2,8H2,1H3;2-5,7H,6H2,1H3;2H,1H3/b;12-7-;;. The van der Waals surface area contributed by atoms with Gasteiger partial charge in [-0.3, -0.25) is 4.79 Å². The minimum atomic E-state index is -0.873. The molecule has 0 bridgehead atoms. The van der Waals surface area contributed by atoms with Gasteiger partial charge >= 0.3 is 24.0 Å². The van der Waals surface area contributed by atoms with Gasteiger partial charge < -0.3 is 34.1 Å². The number of rotatable bonds is 13. The number of amides is 1. The molecule has 362 valence electrons. The van der Waals surface area contributed by atoms with Gasteiger partial charge in [0.2, 0.25) is 11.0 Å². The van der Waals surface area contributed by atoms with Crippen LogP contribution in [0.1, 0.15) is 46.9 Å². The molecule has 0 saturated carbocycles. The van der Waals surface area contributed by atoms with E-state index in [-0.39, 0.29) is 84.5 Å². The van der Waals surface area contributed by atoms with Gasteiger partial charge in [0.25, 0.3) is 5.91 Å². The summed E-state index contributed by atoms with van der Waals surface area (Å²) in [6, 6.07) is 18.1. The van der Waals surface area contributed by atoms with Gasteiger partial charge in [0.05, 0.1) is 18.7 Å². The number of aryl methyl sites for hydroxylation is 2. The van der Waals surface area contributed by atoms with E-state index in [9.17, 15) is 33.0 Å². The third-order valence-corrected chi connectivity index (χ3v) is 8.73. The lowest BCUT2D eigenvalue weighted by molar-refractivity contribution is -0.141. The van der Waals surface area contributed by atoms with Gasteiger partial charge in [-0.15, -0.1) is 0 Å². The number of likely N-dealkylation sites (N-methyl/N-ethyl adjacent to an activating group) is 1. The van der Waals surface area contributed by atoms with Crippen molar-refractivity contribution in [1.82, 2.24) is 64.7 Å². The molecule has 3 aromatic carbocycles. The van der Waals surface area contributed by atoms with Crippen molar-refractivity contribution in [2.24, 2.45) is 0 Å². The predicted molar refractivity (Wildman–Crippen MR) is 240 cm³/mol. The van der Waals surface area contributed by atoms with Gasteiger partial charge in [0.1, 0.15) is 74.2 Å². The Bertz CT molecular complexity index is 2870. The van der Waals surface area contributed by atoms with E-state index in [1.54, 1.807) is 64.2 Å². The lowest BCUT2D eigenvalue weighted by Crippen LogP contribution is -2.21. The number of carbonyl (C=O) groups is 2. The van der Waals surface area contributed by atoms with E-state index in [1.807, 2.05) is 0 Å². The zero-order valence-corrected chi connectivity index (χ0v) is 38.3. The van der Waals surface area contributed by atoms with Crippen molar-refractivity contribution in [2.45, 2.75) is 40.6 Å². The molecular weight excluding hydrogens is 943 g/mol. The maximum Gasteiger partial charge on any atom is 0.373 e. The molecule has 0 unspecified atom stereocenters. The Morgan fingerprint density at radius 1 is 0.657 bits per heavy atom. The molecule has 25 heteroatoms. The van der Waals surface area contributed by atoms with Crippen molar-refractivity contribution in [3.63, 3.8) is 0 Å². The van der Waals surface area contributed by atoms with E-state index in [0.29, 0.717) is 23.8 Å². The monoisotopic (exact) mass is 983 g/mol. The van der Waals surface area contributed by atoms with Gasteiger partial charge in [0.15, 0.2) is 17.4 Å². The van der Waals surface area contributed by atoms with E-state index < -0.39 is 17.6 Å². The topological polar surface area (TPSA) is 269 Å². The van der Waals surface area contributed by atoms with Gasteiger partial charge in [-0.2, -0.15) is 29.9 Å². The highest BCUT2D eigenvalue weighted by molar-refractivity contribution is 6.28. The third-order valence-electron chi connectivity index (χ3n) is 8.55. The summed E-state index contributed by atoms with van der Waals surface area (Å²) in [5, 5.41) is 19.6. The van der Waals surface area contributed by atoms with E-state index in [2.05, 4.69) is 64.5 Å². The number of ether oxygens (including phenoxy) is 4. The number of hydrogen-bond acceptors (Lipinski definition) is 20. The summed E-state index contributed by atoms with van der Waals surface area (Å²) in [6.07, 6.45) is 6.24. The van der Waals surface area contributed by atoms with Crippen LogP contribution in [0, 0.1) is 31.3 Å². The average molecular weight is 984 g/mol. The van der Waals surface area contributed by atoms with Gasteiger partial charge in [-0.25, -0.2) is 47.9 Å². The largest absolute Gasteiger partial charge is 0.503 e. The second kappa shape index (κ2) is 26.5. The van der Waals surface area contributed by atoms with Gasteiger partial charge in [-0.1, -0.05) is 36.4 Å². The molecule has 5 heterocycles. The second-order valence-corrected chi connectivity index (χ2v) is 14.2. The van der Waals surface area contributed by atoms with Crippen LogP contribution in [-0.4, -0.2) is 107 Å². The molecule has 1 aliphatic rings. The average Bonchev–Trinajstić information content (AvgIpc) is 3.61. The molecule has 0 saturated heterocycles. The zero-order valence-electron chi connectivity index (χ0n) is 37.5. The number of nitrogens with zero attached hydrogens (tertiary/aromatic N) is 13. The SMILES string of the molecule is CCOC(=O)/C(O)=C/c1ncnc(OCc2ccc(F)cc2)n1.CN1CC(c2ncnc(OCc3ccc(F)cc3)n2)=C(O)C1=O.Cc1ncnc(Cl)n1.Cc1ncnc(OCc2ccc(F)cc2)n1. The number of hydrogen-bond donors (Lipinski definition) is 2. The fourth-order valence-corrected chi connectivity index (χ4v) is 5.32. The lowest BCUT2D eigenvalue weighted by Gasteiger charge is -2.07. The minimum absolute atomic E-state index is 0.00670. The minimum Gasteiger partial charge on any atom is -0.503 e. The number of aliphatic hydroxyl groups is 2. The first kappa shape index (κ1) is 52.2. The van der Waals surface area contributed by atoms with Crippen molar-refractivity contribution in [1.29, 1.82) is 0 Å². The van der Waals surface area contributed by atoms with Crippen LogP contribution in [0.15, 0.2) is 110 Å². The predicted octanol–water partition coefficient (Wildman–Crippen LogP) is 6.11. The van der Waals surface area contributed by atoms with Crippen molar-refractivity contribution in [2.75, 3.05) is 20.2 Å². The fourth-order valence-electron chi connectivity index (χ4n) is 5.15. The second-order valence-electron chi connectivity index (χ2n) is 13.8. The Balaban J connectivity index is 0.000000183. The Morgan fingerprint density at radius 2 is 1.10 bits per heavy atom. The molecule has 0 atom stereocenters. The summed E-state index contributed by atoms with van der Waals surface area (Å²) in [5.41, 5.74) is 2.68. The smallest absolute Gasteiger partial charge is 0.373 e. The molecule has 1 aliphatic heterocycles. The maximum atomic E-state index is 12.8. The van der Waals surface area contributed by atoms with Crippen molar-refractivity contribution < 1.29 is 51.9 Å². The number of aliphatic hydroxyl groups excluding tert-OH is 2. The first-order valence-electron chi connectivity index (χ1n) is 20.4.